The number of carbonyl (C=O) groups is 1. The molecule has 0 unspecified atom stereocenters. The van der Waals surface area contributed by atoms with E-state index >= 15 is 0 Å². The van der Waals surface area contributed by atoms with Crippen LogP contribution in [-0.4, -0.2) is 19.3 Å². The van der Waals surface area contributed by atoms with Gasteiger partial charge >= 0.3 is 29.6 Å². The first kappa shape index (κ1) is 18.0. The molecule has 0 spiro atoms. The van der Waals surface area contributed by atoms with Gasteiger partial charge in [0.05, 0.1) is 4.90 Å². The zero-order chi connectivity index (χ0) is 13.4. The Morgan fingerprint density at radius 2 is 1.32 bits per heavy atom. The maximum Gasteiger partial charge on any atom is 1.00 e. The Hall–Kier alpha value is -0.980. The largest absolute Gasteiger partial charge is 1.00 e. The summed E-state index contributed by atoms with van der Waals surface area (Å²) in [5.74, 6) is 0. The minimum atomic E-state index is -4.00. The predicted molar refractivity (Wildman–Crippen MR) is 69.2 cm³/mol. The zero-order valence-electron chi connectivity index (χ0n) is 11.4. The van der Waals surface area contributed by atoms with E-state index in [-0.39, 0.29) is 35.9 Å². The molecule has 0 aliphatic rings. The van der Waals surface area contributed by atoms with Crippen LogP contribution in [-0.2, 0) is 10.1 Å². The van der Waals surface area contributed by atoms with Crippen molar-refractivity contribution >= 4 is 16.4 Å². The zero-order valence-corrected chi connectivity index (χ0v) is 13.2. The number of hydrogen-bond acceptors (Lipinski definition) is 3. The second kappa shape index (κ2) is 9.01. The van der Waals surface area contributed by atoms with Crippen molar-refractivity contribution in [1.82, 2.24) is 0 Å². The molecule has 1 N–H and O–H groups in total. The number of aldehydes is 1. The van der Waals surface area contributed by atoms with Gasteiger partial charge in [0.15, 0.2) is 0 Å². The van der Waals surface area contributed by atoms with E-state index in [1.165, 1.54) is 12.1 Å². The van der Waals surface area contributed by atoms with Gasteiger partial charge in [-0.3, -0.25) is 9.35 Å². The third-order valence-electron chi connectivity index (χ3n) is 1.98. The van der Waals surface area contributed by atoms with Crippen LogP contribution in [0.4, 0.5) is 0 Å². The number of carbonyl (C=O) groups excluding carboxylic acids is 1. The van der Waals surface area contributed by atoms with E-state index < -0.39 is 10.1 Å². The number of benzene rings is 2. The van der Waals surface area contributed by atoms with Crippen LogP contribution in [0, 0.1) is 0 Å². The van der Waals surface area contributed by atoms with Crippen LogP contribution in [0.1, 0.15) is 11.8 Å². The molecule has 4 nitrogen and oxygen atoms in total. The summed E-state index contributed by atoms with van der Waals surface area (Å²) in [7, 11) is -4.00. The van der Waals surface area contributed by atoms with Crippen molar-refractivity contribution in [2.75, 3.05) is 0 Å². The molecule has 0 saturated carbocycles. The fraction of sp³-hybridized carbons (Fsp3) is 0. The molecule has 0 amide bonds. The minimum Gasteiger partial charge on any atom is -1.00 e. The smallest absolute Gasteiger partial charge is 1.00 e. The van der Waals surface area contributed by atoms with Gasteiger partial charge in [-0.2, -0.15) is 8.42 Å². The van der Waals surface area contributed by atoms with Gasteiger partial charge in [-0.15, -0.1) is 0 Å². The molecule has 2 aromatic rings. The summed E-state index contributed by atoms with van der Waals surface area (Å²) in [5, 5.41) is 0. The molecule has 0 bridgehead atoms. The Bertz CT molecular complexity index is 588. The van der Waals surface area contributed by atoms with Crippen molar-refractivity contribution in [3.63, 3.8) is 0 Å². The van der Waals surface area contributed by atoms with Crippen LogP contribution in [0.3, 0.4) is 0 Å². The first-order chi connectivity index (χ1) is 8.54. The summed E-state index contributed by atoms with van der Waals surface area (Å²) in [6, 6.07) is 16.5. The van der Waals surface area contributed by atoms with Gasteiger partial charge in [-0.25, -0.2) is 0 Å². The first-order valence-corrected chi connectivity index (χ1v) is 6.51. The Morgan fingerprint density at radius 3 is 1.58 bits per heavy atom. The van der Waals surface area contributed by atoms with Crippen molar-refractivity contribution in [3.8, 4) is 0 Å². The Kier molecular flexibility index (Phi) is 8.54. The molecule has 0 aliphatic carbocycles. The van der Waals surface area contributed by atoms with E-state index in [4.69, 9.17) is 4.55 Å². The van der Waals surface area contributed by atoms with Gasteiger partial charge in [-0.1, -0.05) is 48.5 Å². The average Bonchev–Trinajstić information content (AvgIpc) is 2.40. The third kappa shape index (κ3) is 7.25. The van der Waals surface area contributed by atoms with Gasteiger partial charge in [0.2, 0.25) is 0 Å². The van der Waals surface area contributed by atoms with Crippen LogP contribution in [0.5, 0.6) is 0 Å². The van der Waals surface area contributed by atoms with Crippen molar-refractivity contribution in [1.29, 1.82) is 0 Å². The third-order valence-corrected chi connectivity index (χ3v) is 2.84. The van der Waals surface area contributed by atoms with E-state index in [2.05, 4.69) is 0 Å². The van der Waals surface area contributed by atoms with Crippen molar-refractivity contribution in [2.45, 2.75) is 4.90 Å². The topological polar surface area (TPSA) is 71.4 Å². The van der Waals surface area contributed by atoms with Crippen LogP contribution >= 0.6 is 0 Å². The van der Waals surface area contributed by atoms with Gasteiger partial charge in [0.1, 0.15) is 6.29 Å². The van der Waals surface area contributed by atoms with E-state index in [0.717, 1.165) is 11.8 Å². The van der Waals surface area contributed by atoms with Crippen molar-refractivity contribution in [3.05, 3.63) is 66.2 Å². The standard InChI is InChI=1S/C7H6O.C6H6O3S.Na.H/c8-6-7-4-2-1-3-5-7;7-10(8,9)6-4-2-1-3-5-6;;/h1-6H;1-5H,(H,7,8,9);;/q;;+1;-1. The predicted octanol–water partition coefficient (Wildman–Crippen LogP) is -0.451. The molecule has 0 fully saturated rings. The summed E-state index contributed by atoms with van der Waals surface area (Å²) in [4.78, 5) is 9.93. The Balaban J connectivity index is 0. The van der Waals surface area contributed by atoms with Crippen LogP contribution < -0.4 is 29.6 Å². The van der Waals surface area contributed by atoms with E-state index in [1.54, 1.807) is 30.3 Å². The van der Waals surface area contributed by atoms with Gasteiger partial charge < -0.3 is 1.43 Å². The fourth-order valence-corrected chi connectivity index (χ4v) is 1.63. The SMILES string of the molecule is O=Cc1ccccc1.O=S(=O)(O)c1ccccc1.[H-].[Na+]. The van der Waals surface area contributed by atoms with Crippen molar-refractivity contribution < 1.29 is 48.7 Å². The van der Waals surface area contributed by atoms with Crippen molar-refractivity contribution in [2.24, 2.45) is 0 Å². The molecule has 0 aromatic heterocycles. The normalized spacial score (nSPS) is 9.53. The molecule has 0 radical (unpaired) electrons. The molecular weight excluding hydrogens is 275 g/mol. The molecule has 0 atom stereocenters. The molecular formula is C13H13NaO4S. The quantitative estimate of drug-likeness (QED) is 0.461. The maximum absolute atomic E-state index is 10.4. The molecule has 2 aromatic carbocycles. The number of hydrogen-bond donors (Lipinski definition) is 1. The fourth-order valence-electron chi connectivity index (χ4n) is 1.12. The van der Waals surface area contributed by atoms with E-state index in [1.807, 2.05) is 18.2 Å². The summed E-state index contributed by atoms with van der Waals surface area (Å²) >= 11 is 0. The number of rotatable bonds is 2. The summed E-state index contributed by atoms with van der Waals surface area (Å²) < 4.78 is 29.2. The molecule has 19 heavy (non-hydrogen) atoms. The molecule has 0 aliphatic heterocycles. The van der Waals surface area contributed by atoms with Gasteiger partial charge in [0.25, 0.3) is 10.1 Å². The molecule has 0 saturated heterocycles. The molecule has 2 rings (SSSR count). The molecule has 6 heteroatoms. The Morgan fingerprint density at radius 1 is 0.895 bits per heavy atom. The Labute approximate surface area is 136 Å². The van der Waals surface area contributed by atoms with Crippen LogP contribution in [0.2, 0.25) is 0 Å². The summed E-state index contributed by atoms with van der Waals surface area (Å²) in [6.07, 6.45) is 0.833. The van der Waals surface area contributed by atoms with E-state index in [9.17, 15) is 13.2 Å². The van der Waals surface area contributed by atoms with Crippen LogP contribution in [0.15, 0.2) is 65.6 Å². The van der Waals surface area contributed by atoms with Gasteiger partial charge in [-0.05, 0) is 12.1 Å². The average molecular weight is 288 g/mol. The monoisotopic (exact) mass is 288 g/mol. The second-order valence-corrected chi connectivity index (χ2v) is 4.74. The summed E-state index contributed by atoms with van der Waals surface area (Å²) in [6.45, 7) is 0. The first-order valence-electron chi connectivity index (χ1n) is 5.07. The summed E-state index contributed by atoms with van der Waals surface area (Å²) in [5.41, 5.74) is 0.729. The molecule has 0 heterocycles. The van der Waals surface area contributed by atoms with Crippen LogP contribution in [0.25, 0.3) is 0 Å². The maximum atomic E-state index is 10.4. The second-order valence-electron chi connectivity index (χ2n) is 3.32. The molecule has 96 valence electrons. The minimum absolute atomic E-state index is 0. The van der Waals surface area contributed by atoms with Gasteiger partial charge in [0, 0.05) is 5.56 Å². The van der Waals surface area contributed by atoms with E-state index in [0.29, 0.717) is 0 Å².